The summed E-state index contributed by atoms with van der Waals surface area (Å²) in [5.41, 5.74) is 6.55. The molecule has 0 aromatic heterocycles. The second-order valence-corrected chi connectivity index (χ2v) is 4.66. The lowest BCUT2D eigenvalue weighted by atomic mass is 10.4. The van der Waals surface area contributed by atoms with Crippen LogP contribution in [0.1, 0.15) is 39.5 Å². The molecule has 0 rings (SSSR count). The summed E-state index contributed by atoms with van der Waals surface area (Å²) >= 11 is 0. The highest BCUT2D eigenvalue weighted by atomic mass is 31.2. The molecule has 0 unspecified atom stereocenters. The molecule has 0 spiro atoms. The summed E-state index contributed by atoms with van der Waals surface area (Å²) in [6.07, 6.45) is 3.45. The first-order valence-corrected chi connectivity index (χ1v) is 6.66. The SMILES string of the molecule is CCCCOP(=O)(N=[N+]=N)OCCCC. The van der Waals surface area contributed by atoms with Gasteiger partial charge in [-0.3, -0.25) is 9.05 Å². The van der Waals surface area contributed by atoms with Gasteiger partial charge in [0.2, 0.25) is 9.80 Å². The maximum Gasteiger partial charge on any atom is 0.532 e. The van der Waals surface area contributed by atoms with Crippen molar-refractivity contribution in [1.29, 1.82) is 5.53 Å². The van der Waals surface area contributed by atoms with Gasteiger partial charge in [-0.15, -0.1) is 0 Å². The fraction of sp³-hybridized carbons (Fsp3) is 1.00. The van der Waals surface area contributed by atoms with Gasteiger partial charge in [-0.25, -0.2) is 4.57 Å². The molecule has 0 radical (unpaired) electrons. The molecule has 0 aliphatic heterocycles. The molecule has 0 aromatic carbocycles. The van der Waals surface area contributed by atoms with E-state index < -0.39 is 7.75 Å². The summed E-state index contributed by atoms with van der Waals surface area (Å²) in [7, 11) is -3.51. The van der Waals surface area contributed by atoms with Gasteiger partial charge in [-0.1, -0.05) is 26.7 Å². The molecule has 0 aliphatic rings. The third-order valence-corrected chi connectivity index (χ3v) is 2.99. The van der Waals surface area contributed by atoms with Gasteiger partial charge in [0.05, 0.1) is 13.2 Å². The average molecular weight is 236 g/mol. The lowest BCUT2D eigenvalue weighted by Crippen LogP contribution is -1.97. The van der Waals surface area contributed by atoms with Gasteiger partial charge in [0.1, 0.15) is 5.53 Å². The predicted octanol–water partition coefficient (Wildman–Crippen LogP) is 3.28. The number of rotatable bonds is 9. The van der Waals surface area contributed by atoms with Crippen molar-refractivity contribution in [3.8, 4) is 0 Å². The first-order valence-electron chi connectivity index (χ1n) is 5.16. The Morgan fingerprint density at radius 2 is 1.67 bits per heavy atom. The zero-order chi connectivity index (χ0) is 11.6. The van der Waals surface area contributed by atoms with E-state index in [0.29, 0.717) is 13.2 Å². The van der Waals surface area contributed by atoms with Crippen molar-refractivity contribution in [2.45, 2.75) is 39.5 Å². The van der Waals surface area contributed by atoms with Gasteiger partial charge < -0.3 is 0 Å². The van der Waals surface area contributed by atoms with Crippen molar-refractivity contribution in [3.63, 3.8) is 0 Å². The monoisotopic (exact) mass is 236 g/mol. The van der Waals surface area contributed by atoms with Crippen molar-refractivity contribution in [3.05, 3.63) is 0 Å². The first-order chi connectivity index (χ1) is 7.18. The number of unbranched alkanes of at least 4 members (excludes halogenated alkanes) is 2. The second-order valence-electron chi connectivity index (χ2n) is 3.03. The van der Waals surface area contributed by atoms with Crippen LogP contribution in [0.3, 0.4) is 0 Å². The second kappa shape index (κ2) is 8.74. The molecular weight excluding hydrogens is 217 g/mol. The maximum atomic E-state index is 11.7. The molecule has 88 valence electrons. The summed E-state index contributed by atoms with van der Waals surface area (Å²) in [5, 5.41) is 0. The van der Waals surface area contributed by atoms with Crippen LogP contribution in [0.4, 0.5) is 0 Å². The van der Waals surface area contributed by atoms with Crippen LogP contribution in [0, 0.1) is 5.53 Å². The molecule has 0 fully saturated rings. The van der Waals surface area contributed by atoms with Gasteiger partial charge in [0.15, 0.2) is 0 Å². The largest absolute Gasteiger partial charge is 0.532 e. The van der Waals surface area contributed by atoms with Crippen LogP contribution in [-0.4, -0.2) is 13.2 Å². The summed E-state index contributed by atoms with van der Waals surface area (Å²) in [5.74, 6) is 0. The van der Waals surface area contributed by atoms with Crippen LogP contribution in [0.15, 0.2) is 4.88 Å². The highest BCUT2D eigenvalue weighted by Gasteiger charge is 2.30. The first kappa shape index (κ1) is 14.5. The third kappa shape index (κ3) is 7.40. The van der Waals surface area contributed by atoms with Crippen LogP contribution in [0.5, 0.6) is 0 Å². The van der Waals surface area contributed by atoms with Crippen molar-refractivity contribution >= 4 is 7.75 Å². The standard InChI is InChI=1S/C8H19N3O3P/c1-3-5-7-13-15(12,11-10-9)14-8-6-4-2/h9H,3-8H2,1-2H3/q+1. The van der Waals surface area contributed by atoms with Crippen LogP contribution in [0.2, 0.25) is 0 Å². The van der Waals surface area contributed by atoms with Crippen LogP contribution >= 0.6 is 7.75 Å². The molecule has 0 aromatic rings. The van der Waals surface area contributed by atoms with Gasteiger partial charge in [0.25, 0.3) is 0 Å². The molecule has 0 bridgehead atoms. The Hall–Kier alpha value is -0.540. The molecule has 15 heavy (non-hydrogen) atoms. The lowest BCUT2D eigenvalue weighted by molar-refractivity contribution is 0.198. The summed E-state index contributed by atoms with van der Waals surface area (Å²) in [6, 6.07) is 0. The summed E-state index contributed by atoms with van der Waals surface area (Å²) in [4.78, 5) is 5.93. The van der Waals surface area contributed by atoms with E-state index >= 15 is 0 Å². The van der Waals surface area contributed by atoms with E-state index in [1.807, 2.05) is 13.8 Å². The Labute approximate surface area is 90.2 Å². The summed E-state index contributed by atoms with van der Waals surface area (Å²) in [6.45, 7) is 4.63. The van der Waals surface area contributed by atoms with Crippen molar-refractivity contribution < 1.29 is 13.6 Å². The molecule has 0 amide bonds. The van der Waals surface area contributed by atoms with Crippen molar-refractivity contribution in [1.82, 2.24) is 4.91 Å². The molecule has 6 nitrogen and oxygen atoms in total. The molecule has 0 heterocycles. The zero-order valence-electron chi connectivity index (χ0n) is 9.31. The minimum atomic E-state index is -3.51. The fourth-order valence-corrected chi connectivity index (χ4v) is 1.80. The highest BCUT2D eigenvalue weighted by molar-refractivity contribution is 7.52. The van der Waals surface area contributed by atoms with Crippen LogP contribution in [-0.2, 0) is 13.6 Å². The minimum absolute atomic E-state index is 0.318. The Balaban J connectivity index is 4.07. The third-order valence-electron chi connectivity index (χ3n) is 1.66. The molecule has 0 saturated heterocycles. The average Bonchev–Trinajstić information content (AvgIpc) is 2.19. The quantitative estimate of drug-likeness (QED) is 0.288. The van der Waals surface area contributed by atoms with Crippen LogP contribution in [0.25, 0.3) is 0 Å². The van der Waals surface area contributed by atoms with E-state index in [-0.39, 0.29) is 0 Å². The van der Waals surface area contributed by atoms with Gasteiger partial charge in [0, 0.05) is 0 Å². The number of nitrogens with one attached hydrogen (secondary N) is 1. The molecular formula is C8H19N3O3P+. The number of hydrogen-bond donors (Lipinski definition) is 1. The predicted molar refractivity (Wildman–Crippen MR) is 56.6 cm³/mol. The Morgan fingerprint density at radius 1 is 1.20 bits per heavy atom. The van der Waals surface area contributed by atoms with E-state index in [4.69, 9.17) is 14.6 Å². The Morgan fingerprint density at radius 3 is 2.00 bits per heavy atom. The van der Waals surface area contributed by atoms with Gasteiger partial charge >= 0.3 is 7.75 Å². The fourth-order valence-electron chi connectivity index (χ4n) is 0.792. The Kier molecular flexibility index (Phi) is 8.43. The zero-order valence-corrected chi connectivity index (χ0v) is 10.2. The molecule has 0 atom stereocenters. The molecule has 0 aliphatic carbocycles. The smallest absolute Gasteiger partial charge is 0.287 e. The van der Waals surface area contributed by atoms with E-state index in [0.717, 1.165) is 25.7 Å². The number of hydrogen-bond acceptors (Lipinski definition) is 4. The van der Waals surface area contributed by atoms with Gasteiger partial charge in [-0.2, -0.15) is 0 Å². The molecule has 1 N–H and O–H groups in total. The lowest BCUT2D eigenvalue weighted by Gasteiger charge is -2.07. The number of nitrogens with zero attached hydrogens (tertiary/aromatic N) is 2. The maximum absolute atomic E-state index is 11.7. The van der Waals surface area contributed by atoms with E-state index in [9.17, 15) is 4.57 Å². The highest BCUT2D eigenvalue weighted by Crippen LogP contribution is 2.49. The van der Waals surface area contributed by atoms with E-state index in [1.54, 1.807) is 0 Å². The summed E-state index contributed by atoms with van der Waals surface area (Å²) < 4.78 is 21.8. The van der Waals surface area contributed by atoms with E-state index in [1.165, 1.54) is 0 Å². The normalized spacial score (nSPS) is 11.1. The molecule has 0 saturated carbocycles. The minimum Gasteiger partial charge on any atom is -0.287 e. The van der Waals surface area contributed by atoms with Crippen molar-refractivity contribution in [2.75, 3.05) is 13.2 Å². The molecule has 7 heteroatoms. The Bertz CT molecular complexity index is 240. The van der Waals surface area contributed by atoms with Crippen LogP contribution < -0.4 is 4.91 Å². The van der Waals surface area contributed by atoms with Gasteiger partial charge in [-0.05, 0) is 12.8 Å². The topological polar surface area (TPSA) is 85.8 Å². The van der Waals surface area contributed by atoms with E-state index in [2.05, 4.69) is 9.80 Å². The van der Waals surface area contributed by atoms with Crippen molar-refractivity contribution in [2.24, 2.45) is 4.88 Å².